The van der Waals surface area contributed by atoms with Gasteiger partial charge in [-0.3, -0.25) is 14.3 Å². The Kier molecular flexibility index (Phi) is 3.91. The molecule has 3 rings (SSSR count). The molecular formula is C12H16N2O7. The van der Waals surface area contributed by atoms with Crippen LogP contribution in [-0.4, -0.2) is 52.7 Å². The highest BCUT2D eigenvalue weighted by Gasteiger charge is 2.53. The van der Waals surface area contributed by atoms with Gasteiger partial charge in [-0.25, -0.2) is 4.79 Å². The van der Waals surface area contributed by atoms with E-state index in [1.807, 2.05) is 0 Å². The first-order valence-electron chi connectivity index (χ1n) is 6.64. The lowest BCUT2D eigenvalue weighted by atomic mass is 10.1. The van der Waals surface area contributed by atoms with E-state index in [1.54, 1.807) is 6.92 Å². The number of aromatic nitrogens is 2. The molecule has 0 bridgehead atoms. The lowest BCUT2D eigenvalue weighted by Crippen LogP contribution is -2.36. The largest absolute Gasteiger partial charge is 0.394 e. The van der Waals surface area contributed by atoms with Crippen LogP contribution in [0, 0.1) is 0 Å². The maximum Gasteiger partial charge on any atom is 0.330 e. The summed E-state index contributed by atoms with van der Waals surface area (Å²) in [4.78, 5) is 25.1. The molecule has 5 unspecified atom stereocenters. The van der Waals surface area contributed by atoms with Crippen LogP contribution >= 0.6 is 0 Å². The van der Waals surface area contributed by atoms with Crippen molar-refractivity contribution in [3.05, 3.63) is 33.1 Å². The molecule has 21 heavy (non-hydrogen) atoms. The molecule has 3 heterocycles. The predicted molar refractivity (Wildman–Crippen MR) is 67.5 cm³/mol. The van der Waals surface area contributed by atoms with E-state index in [4.69, 9.17) is 18.9 Å². The Bertz CT molecular complexity index is 612. The van der Waals surface area contributed by atoms with Crippen molar-refractivity contribution in [2.75, 3.05) is 13.2 Å². The first-order valence-corrected chi connectivity index (χ1v) is 6.64. The second kappa shape index (κ2) is 5.70. The van der Waals surface area contributed by atoms with Gasteiger partial charge in [-0.2, -0.15) is 0 Å². The number of fused-ring (bicyclic) bond motifs is 1. The van der Waals surface area contributed by atoms with Gasteiger partial charge < -0.3 is 24.1 Å². The van der Waals surface area contributed by atoms with Gasteiger partial charge in [0.25, 0.3) is 12.0 Å². The molecule has 0 saturated carbocycles. The normalized spacial score (nSPS) is 35.0. The molecule has 9 nitrogen and oxygen atoms in total. The molecule has 2 aliphatic heterocycles. The molecule has 0 radical (unpaired) electrons. The molecule has 0 amide bonds. The van der Waals surface area contributed by atoms with E-state index in [1.165, 1.54) is 16.8 Å². The van der Waals surface area contributed by atoms with Crippen LogP contribution in [0.4, 0.5) is 0 Å². The minimum atomic E-state index is -0.857. The van der Waals surface area contributed by atoms with Crippen LogP contribution in [0.15, 0.2) is 21.9 Å². The van der Waals surface area contributed by atoms with Crippen molar-refractivity contribution in [3.8, 4) is 0 Å². The average molecular weight is 300 g/mol. The number of nitrogens with zero attached hydrogens (tertiary/aromatic N) is 1. The van der Waals surface area contributed by atoms with Crippen molar-refractivity contribution >= 4 is 0 Å². The number of hydrogen-bond acceptors (Lipinski definition) is 7. The van der Waals surface area contributed by atoms with E-state index >= 15 is 0 Å². The lowest BCUT2D eigenvalue weighted by Gasteiger charge is -2.20. The zero-order valence-electron chi connectivity index (χ0n) is 11.3. The molecule has 5 atom stereocenters. The minimum absolute atomic E-state index is 0.280. The van der Waals surface area contributed by atoms with Gasteiger partial charge in [-0.1, -0.05) is 0 Å². The van der Waals surface area contributed by atoms with Crippen molar-refractivity contribution in [2.24, 2.45) is 0 Å². The van der Waals surface area contributed by atoms with Crippen LogP contribution in [0.2, 0.25) is 0 Å². The number of rotatable bonds is 4. The Morgan fingerprint density at radius 3 is 2.76 bits per heavy atom. The third-order valence-corrected chi connectivity index (χ3v) is 3.43. The number of aliphatic hydroxyl groups is 1. The second-order valence-corrected chi connectivity index (χ2v) is 4.71. The fourth-order valence-electron chi connectivity index (χ4n) is 2.52. The van der Waals surface area contributed by atoms with Crippen molar-refractivity contribution in [1.29, 1.82) is 0 Å². The molecule has 116 valence electrons. The SMILES string of the molecule is CCOC1OC2C(CO)OC(n3ccc(=O)[nH]c3=O)C2O1. The number of H-pyrrole nitrogens is 1. The summed E-state index contributed by atoms with van der Waals surface area (Å²) in [7, 11) is 0. The predicted octanol–water partition coefficient (Wildman–Crippen LogP) is -1.47. The summed E-state index contributed by atoms with van der Waals surface area (Å²) in [5.74, 6) is 0. The van der Waals surface area contributed by atoms with E-state index in [2.05, 4.69) is 4.98 Å². The summed E-state index contributed by atoms with van der Waals surface area (Å²) in [6, 6.07) is 1.21. The van der Waals surface area contributed by atoms with Crippen LogP contribution in [0.3, 0.4) is 0 Å². The van der Waals surface area contributed by atoms with E-state index < -0.39 is 42.3 Å². The lowest BCUT2D eigenvalue weighted by molar-refractivity contribution is -0.266. The van der Waals surface area contributed by atoms with Gasteiger partial charge >= 0.3 is 5.69 Å². The number of hydrogen-bond donors (Lipinski definition) is 2. The fourth-order valence-corrected chi connectivity index (χ4v) is 2.52. The number of aromatic amines is 1. The van der Waals surface area contributed by atoms with E-state index in [-0.39, 0.29) is 6.61 Å². The molecule has 2 fully saturated rings. The fraction of sp³-hybridized carbons (Fsp3) is 0.667. The Hall–Kier alpha value is -1.52. The van der Waals surface area contributed by atoms with Gasteiger partial charge in [-0.05, 0) is 6.92 Å². The Labute approximate surface area is 119 Å². The van der Waals surface area contributed by atoms with Gasteiger partial charge in [0.05, 0.1) is 6.61 Å². The van der Waals surface area contributed by atoms with Gasteiger partial charge in [0.1, 0.15) is 18.3 Å². The first-order chi connectivity index (χ1) is 10.1. The molecule has 1 aromatic rings. The van der Waals surface area contributed by atoms with E-state index in [9.17, 15) is 14.7 Å². The third-order valence-electron chi connectivity index (χ3n) is 3.43. The molecule has 1 aromatic heterocycles. The maximum atomic E-state index is 11.9. The van der Waals surface area contributed by atoms with Gasteiger partial charge in [-0.15, -0.1) is 0 Å². The topological polar surface area (TPSA) is 112 Å². The van der Waals surface area contributed by atoms with Crippen LogP contribution in [0.25, 0.3) is 0 Å². The van der Waals surface area contributed by atoms with Crippen LogP contribution < -0.4 is 11.2 Å². The summed E-state index contributed by atoms with van der Waals surface area (Å²) >= 11 is 0. The Balaban J connectivity index is 1.89. The van der Waals surface area contributed by atoms with Crippen LogP contribution in [0.5, 0.6) is 0 Å². The summed E-state index contributed by atoms with van der Waals surface area (Å²) in [5.41, 5.74) is -1.12. The first kappa shape index (κ1) is 14.4. The molecule has 2 aliphatic rings. The molecular weight excluding hydrogens is 284 g/mol. The third kappa shape index (κ3) is 2.54. The zero-order valence-corrected chi connectivity index (χ0v) is 11.3. The standard InChI is InChI=1S/C12H16N2O7/c1-2-18-12-20-8-6(5-15)19-10(9(8)21-12)14-4-3-7(16)13-11(14)17/h3-4,6,8-10,12,15H,2,5H2,1H3,(H,13,16,17). The number of ether oxygens (including phenoxy) is 4. The Morgan fingerprint density at radius 1 is 1.33 bits per heavy atom. The highest BCUT2D eigenvalue weighted by molar-refractivity contribution is 4.96. The summed E-state index contributed by atoms with van der Waals surface area (Å²) in [6.07, 6.45) is -1.27. The highest BCUT2D eigenvalue weighted by atomic mass is 16.9. The molecule has 2 N–H and O–H groups in total. The van der Waals surface area contributed by atoms with Gasteiger partial charge in [0.15, 0.2) is 6.23 Å². The molecule has 0 spiro atoms. The highest BCUT2D eigenvalue weighted by Crippen LogP contribution is 2.38. The van der Waals surface area contributed by atoms with Crippen molar-refractivity contribution in [1.82, 2.24) is 9.55 Å². The smallest absolute Gasteiger partial charge is 0.330 e. The Morgan fingerprint density at radius 2 is 2.10 bits per heavy atom. The van der Waals surface area contributed by atoms with Crippen LogP contribution in [0.1, 0.15) is 13.2 Å². The van der Waals surface area contributed by atoms with Crippen molar-refractivity contribution in [2.45, 2.75) is 37.9 Å². The van der Waals surface area contributed by atoms with Crippen molar-refractivity contribution in [3.63, 3.8) is 0 Å². The van der Waals surface area contributed by atoms with Crippen molar-refractivity contribution < 1.29 is 24.1 Å². The summed E-state index contributed by atoms with van der Waals surface area (Å²) in [6.45, 7) is 1.06. The molecule has 2 saturated heterocycles. The molecule has 0 aliphatic carbocycles. The number of aliphatic hydroxyl groups excluding tert-OH is 1. The second-order valence-electron chi connectivity index (χ2n) is 4.71. The molecule has 0 aromatic carbocycles. The van der Waals surface area contributed by atoms with Gasteiger partial charge in [0, 0.05) is 18.9 Å². The maximum absolute atomic E-state index is 11.9. The minimum Gasteiger partial charge on any atom is -0.394 e. The van der Waals surface area contributed by atoms with Gasteiger partial charge in [0.2, 0.25) is 0 Å². The summed E-state index contributed by atoms with van der Waals surface area (Å²) < 4.78 is 23.1. The summed E-state index contributed by atoms with van der Waals surface area (Å²) in [5, 5.41) is 9.36. The monoisotopic (exact) mass is 300 g/mol. The zero-order chi connectivity index (χ0) is 15.0. The van der Waals surface area contributed by atoms with Crippen LogP contribution in [-0.2, 0) is 18.9 Å². The van der Waals surface area contributed by atoms with E-state index in [0.717, 1.165) is 0 Å². The quantitative estimate of drug-likeness (QED) is 0.698. The molecule has 9 heteroatoms. The average Bonchev–Trinajstić information content (AvgIpc) is 2.98. The van der Waals surface area contributed by atoms with E-state index in [0.29, 0.717) is 6.61 Å². The number of nitrogens with one attached hydrogen (secondary N) is 1.